The number of hydrogen-bond acceptors (Lipinski definition) is 6. The first-order valence-corrected chi connectivity index (χ1v) is 9.38. The van der Waals surface area contributed by atoms with Crippen LogP contribution in [0.2, 0.25) is 0 Å². The van der Waals surface area contributed by atoms with Gasteiger partial charge in [-0.1, -0.05) is 22.0 Å². The molecule has 136 valence electrons. The Hall–Kier alpha value is -2.19. The summed E-state index contributed by atoms with van der Waals surface area (Å²) < 4.78 is 14.2. The van der Waals surface area contributed by atoms with Gasteiger partial charge in [0.05, 0.1) is 12.3 Å². The standard InChI is InChI=1S/C18H20BrN5O2/c1-25-11-14-10-17(24-18(22-14)20-12-21-24)23-7-5-15(6-8-23)26-16-4-2-3-13(19)9-16/h2-4,9-10,12,15H,5-8,11H2,1H3. The number of benzene rings is 1. The van der Waals surface area contributed by atoms with E-state index in [0.29, 0.717) is 12.4 Å². The molecule has 0 saturated carbocycles. The highest BCUT2D eigenvalue weighted by atomic mass is 79.9. The third-order valence-corrected chi connectivity index (χ3v) is 4.94. The molecule has 3 heterocycles. The second-order valence-electron chi connectivity index (χ2n) is 6.27. The van der Waals surface area contributed by atoms with E-state index in [-0.39, 0.29) is 6.10 Å². The first-order valence-electron chi connectivity index (χ1n) is 8.58. The van der Waals surface area contributed by atoms with E-state index in [1.165, 1.54) is 6.33 Å². The summed E-state index contributed by atoms with van der Waals surface area (Å²) in [6.07, 6.45) is 3.65. The van der Waals surface area contributed by atoms with Gasteiger partial charge in [-0.3, -0.25) is 0 Å². The highest BCUT2D eigenvalue weighted by Gasteiger charge is 2.23. The largest absolute Gasteiger partial charge is 0.490 e. The van der Waals surface area contributed by atoms with Gasteiger partial charge in [0.2, 0.25) is 0 Å². The minimum atomic E-state index is 0.215. The van der Waals surface area contributed by atoms with Crippen LogP contribution in [0.4, 0.5) is 5.82 Å². The predicted molar refractivity (Wildman–Crippen MR) is 102 cm³/mol. The molecule has 0 aliphatic carbocycles. The number of aromatic nitrogens is 4. The van der Waals surface area contributed by atoms with E-state index in [9.17, 15) is 0 Å². The molecule has 0 spiro atoms. The van der Waals surface area contributed by atoms with Crippen LogP contribution in [0, 0.1) is 0 Å². The fraction of sp³-hybridized carbons (Fsp3) is 0.389. The summed E-state index contributed by atoms with van der Waals surface area (Å²) >= 11 is 3.49. The van der Waals surface area contributed by atoms with Gasteiger partial charge in [-0.2, -0.15) is 14.6 Å². The predicted octanol–water partition coefficient (Wildman–Crippen LogP) is 3.08. The molecule has 0 unspecified atom stereocenters. The molecule has 1 fully saturated rings. The van der Waals surface area contributed by atoms with E-state index >= 15 is 0 Å². The summed E-state index contributed by atoms with van der Waals surface area (Å²) in [5.74, 6) is 2.50. The van der Waals surface area contributed by atoms with E-state index in [2.05, 4.69) is 35.9 Å². The Labute approximate surface area is 160 Å². The molecule has 7 nitrogen and oxygen atoms in total. The molecule has 2 aromatic heterocycles. The Morgan fingerprint density at radius 3 is 2.85 bits per heavy atom. The van der Waals surface area contributed by atoms with Gasteiger partial charge in [0, 0.05) is 43.6 Å². The molecule has 0 bridgehead atoms. The van der Waals surface area contributed by atoms with Crippen molar-refractivity contribution in [2.75, 3.05) is 25.1 Å². The quantitative estimate of drug-likeness (QED) is 0.635. The minimum absolute atomic E-state index is 0.215. The van der Waals surface area contributed by atoms with Crippen molar-refractivity contribution in [1.82, 2.24) is 19.6 Å². The number of methoxy groups -OCH3 is 1. The van der Waals surface area contributed by atoms with Crippen molar-refractivity contribution in [3.05, 3.63) is 46.8 Å². The molecule has 1 aromatic carbocycles. The van der Waals surface area contributed by atoms with Gasteiger partial charge in [0.1, 0.15) is 24.0 Å². The van der Waals surface area contributed by atoms with Crippen molar-refractivity contribution in [3.63, 3.8) is 0 Å². The van der Waals surface area contributed by atoms with Crippen LogP contribution in [-0.2, 0) is 11.3 Å². The number of halogens is 1. The molecule has 0 N–H and O–H groups in total. The van der Waals surface area contributed by atoms with Crippen LogP contribution >= 0.6 is 15.9 Å². The average Bonchev–Trinajstić information content (AvgIpc) is 3.11. The molecule has 4 rings (SSSR count). The number of anilines is 1. The van der Waals surface area contributed by atoms with Crippen LogP contribution in [0.3, 0.4) is 0 Å². The van der Waals surface area contributed by atoms with Gasteiger partial charge < -0.3 is 14.4 Å². The maximum Gasteiger partial charge on any atom is 0.254 e. The van der Waals surface area contributed by atoms with Gasteiger partial charge >= 0.3 is 0 Å². The van der Waals surface area contributed by atoms with Crippen LogP contribution in [0.25, 0.3) is 5.78 Å². The summed E-state index contributed by atoms with van der Waals surface area (Å²) in [6.45, 7) is 2.24. The maximum absolute atomic E-state index is 6.13. The SMILES string of the molecule is COCc1cc(N2CCC(Oc3cccc(Br)c3)CC2)n2ncnc2n1. The first-order chi connectivity index (χ1) is 12.7. The molecule has 0 radical (unpaired) electrons. The molecule has 3 aromatic rings. The first kappa shape index (κ1) is 17.2. The van der Waals surface area contributed by atoms with Crippen LogP contribution in [0.5, 0.6) is 5.75 Å². The Kier molecular flexibility index (Phi) is 5.03. The van der Waals surface area contributed by atoms with Crippen molar-refractivity contribution >= 4 is 27.5 Å². The van der Waals surface area contributed by atoms with E-state index in [1.807, 2.05) is 30.3 Å². The number of hydrogen-bond donors (Lipinski definition) is 0. The monoisotopic (exact) mass is 417 g/mol. The van der Waals surface area contributed by atoms with Crippen molar-refractivity contribution in [1.29, 1.82) is 0 Å². The zero-order valence-electron chi connectivity index (χ0n) is 14.5. The zero-order valence-corrected chi connectivity index (χ0v) is 16.1. The van der Waals surface area contributed by atoms with Crippen molar-refractivity contribution in [3.8, 4) is 5.75 Å². The third-order valence-electron chi connectivity index (χ3n) is 4.44. The number of piperidine rings is 1. The van der Waals surface area contributed by atoms with Crippen LogP contribution in [-0.4, -0.2) is 45.9 Å². The lowest BCUT2D eigenvalue weighted by molar-refractivity contribution is 0.170. The van der Waals surface area contributed by atoms with E-state index in [4.69, 9.17) is 9.47 Å². The second-order valence-corrected chi connectivity index (χ2v) is 7.19. The van der Waals surface area contributed by atoms with Crippen molar-refractivity contribution in [2.24, 2.45) is 0 Å². The summed E-state index contributed by atoms with van der Waals surface area (Å²) in [5.41, 5.74) is 0.857. The van der Waals surface area contributed by atoms with Gasteiger partial charge in [-0.05, 0) is 18.2 Å². The van der Waals surface area contributed by atoms with Crippen molar-refractivity contribution < 1.29 is 9.47 Å². The molecule has 0 atom stereocenters. The summed E-state index contributed by atoms with van der Waals surface area (Å²) in [4.78, 5) is 11.0. The molecule has 1 aliphatic rings. The molecule has 26 heavy (non-hydrogen) atoms. The van der Waals surface area contributed by atoms with E-state index < -0.39 is 0 Å². The fourth-order valence-corrected chi connectivity index (χ4v) is 3.60. The second kappa shape index (κ2) is 7.59. The minimum Gasteiger partial charge on any atom is -0.490 e. The summed E-state index contributed by atoms with van der Waals surface area (Å²) in [6, 6.07) is 10.0. The number of rotatable bonds is 5. The van der Waals surface area contributed by atoms with Crippen LogP contribution in [0.15, 0.2) is 41.1 Å². The van der Waals surface area contributed by atoms with Crippen molar-refractivity contribution in [2.45, 2.75) is 25.6 Å². The summed E-state index contributed by atoms with van der Waals surface area (Å²) in [5, 5.41) is 4.32. The Morgan fingerprint density at radius 1 is 1.23 bits per heavy atom. The molecule has 8 heteroatoms. The van der Waals surface area contributed by atoms with Gasteiger partial charge in [-0.25, -0.2) is 4.98 Å². The maximum atomic E-state index is 6.13. The third kappa shape index (κ3) is 3.66. The van der Waals surface area contributed by atoms with Gasteiger partial charge in [-0.15, -0.1) is 0 Å². The molecule has 1 aliphatic heterocycles. The van der Waals surface area contributed by atoms with E-state index in [1.54, 1.807) is 11.6 Å². The molecule has 1 saturated heterocycles. The fourth-order valence-electron chi connectivity index (χ4n) is 3.23. The Morgan fingerprint density at radius 2 is 2.08 bits per heavy atom. The number of fused-ring (bicyclic) bond motifs is 1. The molecular formula is C18H20BrN5O2. The Balaban J connectivity index is 1.47. The lowest BCUT2D eigenvalue weighted by Crippen LogP contribution is -2.39. The number of ether oxygens (including phenoxy) is 2. The zero-order chi connectivity index (χ0) is 17.9. The van der Waals surface area contributed by atoms with E-state index in [0.717, 1.165) is 47.7 Å². The van der Waals surface area contributed by atoms with Crippen LogP contribution < -0.4 is 9.64 Å². The van der Waals surface area contributed by atoms with Gasteiger partial charge in [0.25, 0.3) is 5.78 Å². The normalized spacial score (nSPS) is 15.5. The van der Waals surface area contributed by atoms with Gasteiger partial charge in [0.15, 0.2) is 0 Å². The smallest absolute Gasteiger partial charge is 0.254 e. The molecular weight excluding hydrogens is 398 g/mol. The van der Waals surface area contributed by atoms with Crippen LogP contribution in [0.1, 0.15) is 18.5 Å². The number of nitrogens with zero attached hydrogens (tertiary/aromatic N) is 5. The summed E-state index contributed by atoms with van der Waals surface area (Å²) in [7, 11) is 1.67. The average molecular weight is 418 g/mol. The lowest BCUT2D eigenvalue weighted by Gasteiger charge is -2.33. The highest BCUT2D eigenvalue weighted by molar-refractivity contribution is 9.10. The lowest BCUT2D eigenvalue weighted by atomic mass is 10.1. The topological polar surface area (TPSA) is 64.8 Å². The Bertz CT molecular complexity index is 892. The highest BCUT2D eigenvalue weighted by Crippen LogP contribution is 2.25. The molecule has 0 amide bonds.